The molecule has 0 fully saturated rings. The van der Waals surface area contributed by atoms with Crippen LogP contribution in [0.2, 0.25) is 0 Å². The molecule has 0 aliphatic rings. The Bertz CT molecular complexity index is 616. The molecule has 0 radical (unpaired) electrons. The minimum Gasteiger partial charge on any atom is -0.504 e. The molecule has 2 rings (SSSR count). The zero-order valence-corrected chi connectivity index (χ0v) is 13.6. The van der Waals surface area contributed by atoms with Gasteiger partial charge in [-0.1, -0.05) is 12.1 Å². The molecule has 0 spiro atoms. The Hall–Kier alpha value is -1.88. The first-order valence-electron chi connectivity index (χ1n) is 6.66. The van der Waals surface area contributed by atoms with E-state index in [2.05, 4.69) is 21.2 Å². The maximum atomic E-state index is 10.1. The Morgan fingerprint density at radius 3 is 2.71 bits per heavy atom. The summed E-state index contributed by atoms with van der Waals surface area (Å²) in [6.07, 6.45) is 0. The predicted octanol–water partition coefficient (Wildman–Crippen LogP) is 4.17. The van der Waals surface area contributed by atoms with Gasteiger partial charge in [0.15, 0.2) is 11.5 Å². The van der Waals surface area contributed by atoms with Crippen molar-refractivity contribution in [2.75, 3.05) is 19.0 Å². The van der Waals surface area contributed by atoms with Crippen molar-refractivity contribution >= 4 is 21.6 Å². The molecule has 2 aromatic rings. The molecule has 0 saturated carbocycles. The molecule has 112 valence electrons. The highest BCUT2D eigenvalue weighted by Crippen LogP contribution is 2.31. The summed E-state index contributed by atoms with van der Waals surface area (Å²) in [5.74, 6) is 1.44. The number of benzene rings is 2. The summed E-state index contributed by atoms with van der Waals surface area (Å²) in [5, 5.41) is 13.4. The molecule has 0 aromatic heterocycles. The van der Waals surface area contributed by atoms with Gasteiger partial charge in [-0.25, -0.2) is 0 Å². The van der Waals surface area contributed by atoms with Crippen LogP contribution in [0.3, 0.4) is 0 Å². The molecular weight excluding hydrogens is 334 g/mol. The van der Waals surface area contributed by atoms with Gasteiger partial charge in [-0.15, -0.1) is 0 Å². The molecule has 21 heavy (non-hydrogen) atoms. The number of para-hydroxylation sites is 1. The molecule has 2 N–H and O–H groups in total. The number of rotatable bonds is 6. The van der Waals surface area contributed by atoms with Crippen LogP contribution in [0, 0.1) is 0 Å². The molecule has 0 bridgehead atoms. The number of hydrogen-bond acceptors (Lipinski definition) is 4. The number of phenols is 1. The maximum absolute atomic E-state index is 10.1. The Kier molecular flexibility index (Phi) is 5.33. The number of nitrogens with one attached hydrogen (secondary N) is 1. The summed E-state index contributed by atoms with van der Waals surface area (Å²) < 4.78 is 11.5. The monoisotopic (exact) mass is 351 g/mol. The van der Waals surface area contributed by atoms with Gasteiger partial charge in [0.05, 0.1) is 18.2 Å². The van der Waals surface area contributed by atoms with Crippen LogP contribution < -0.4 is 14.8 Å². The van der Waals surface area contributed by atoms with Gasteiger partial charge in [0, 0.05) is 23.9 Å². The molecule has 0 atom stereocenters. The van der Waals surface area contributed by atoms with E-state index in [-0.39, 0.29) is 5.75 Å². The lowest BCUT2D eigenvalue weighted by Gasteiger charge is -2.12. The molecule has 0 aliphatic heterocycles. The van der Waals surface area contributed by atoms with Crippen molar-refractivity contribution in [3.05, 3.63) is 46.4 Å². The lowest BCUT2D eigenvalue weighted by atomic mass is 10.1. The first-order chi connectivity index (χ1) is 10.2. The average molecular weight is 352 g/mol. The van der Waals surface area contributed by atoms with Crippen LogP contribution >= 0.6 is 15.9 Å². The van der Waals surface area contributed by atoms with Crippen LogP contribution in [-0.2, 0) is 6.54 Å². The third-order valence-electron chi connectivity index (χ3n) is 3.02. The summed E-state index contributed by atoms with van der Waals surface area (Å²) >= 11 is 3.42. The number of anilines is 1. The van der Waals surface area contributed by atoms with Crippen molar-refractivity contribution in [1.29, 1.82) is 0 Å². The smallest absolute Gasteiger partial charge is 0.162 e. The van der Waals surface area contributed by atoms with Gasteiger partial charge in [-0.05, 0) is 41.1 Å². The zero-order valence-electron chi connectivity index (χ0n) is 12.0. The van der Waals surface area contributed by atoms with Gasteiger partial charge in [0.25, 0.3) is 0 Å². The van der Waals surface area contributed by atoms with Gasteiger partial charge >= 0.3 is 0 Å². The van der Waals surface area contributed by atoms with Gasteiger partial charge in [-0.2, -0.15) is 0 Å². The fraction of sp³-hybridized carbons (Fsp3) is 0.250. The average Bonchev–Trinajstić information content (AvgIpc) is 2.49. The highest BCUT2D eigenvalue weighted by Gasteiger charge is 2.08. The van der Waals surface area contributed by atoms with Gasteiger partial charge in [0.1, 0.15) is 5.75 Å². The third-order valence-corrected chi connectivity index (χ3v) is 3.67. The SMILES string of the molecule is CCOc1cccc(CNc2ccc(Br)c(OC)c2)c1O. The number of hydrogen-bond donors (Lipinski definition) is 2. The Morgan fingerprint density at radius 1 is 1.19 bits per heavy atom. The second-order valence-corrected chi connectivity index (χ2v) is 5.25. The molecule has 0 unspecified atom stereocenters. The Morgan fingerprint density at radius 2 is 2.00 bits per heavy atom. The van der Waals surface area contributed by atoms with Crippen LogP contribution in [0.4, 0.5) is 5.69 Å². The van der Waals surface area contributed by atoms with E-state index in [1.807, 2.05) is 37.3 Å². The van der Waals surface area contributed by atoms with Gasteiger partial charge in [-0.3, -0.25) is 0 Å². The van der Waals surface area contributed by atoms with Crippen molar-refractivity contribution in [2.24, 2.45) is 0 Å². The van der Waals surface area contributed by atoms with E-state index in [9.17, 15) is 5.11 Å². The molecule has 4 nitrogen and oxygen atoms in total. The summed E-state index contributed by atoms with van der Waals surface area (Å²) in [6, 6.07) is 11.2. The highest BCUT2D eigenvalue weighted by molar-refractivity contribution is 9.10. The fourth-order valence-corrected chi connectivity index (χ4v) is 2.36. The first-order valence-corrected chi connectivity index (χ1v) is 7.46. The zero-order chi connectivity index (χ0) is 15.2. The first kappa shape index (κ1) is 15.5. The highest BCUT2D eigenvalue weighted by atomic mass is 79.9. The molecule has 0 aliphatic carbocycles. The molecular formula is C16H18BrNO3. The second kappa shape index (κ2) is 7.22. The lowest BCUT2D eigenvalue weighted by Crippen LogP contribution is -2.01. The minimum absolute atomic E-state index is 0.177. The largest absolute Gasteiger partial charge is 0.504 e. The van der Waals surface area contributed by atoms with Crippen LogP contribution in [0.5, 0.6) is 17.2 Å². The summed E-state index contributed by atoms with van der Waals surface area (Å²) in [7, 11) is 1.63. The van der Waals surface area contributed by atoms with Gasteiger partial charge in [0.2, 0.25) is 0 Å². The summed E-state index contributed by atoms with van der Waals surface area (Å²) in [5.41, 5.74) is 1.69. The third kappa shape index (κ3) is 3.82. The van der Waals surface area contributed by atoms with Crippen LogP contribution in [0.1, 0.15) is 12.5 Å². The molecule has 2 aromatic carbocycles. The van der Waals surface area contributed by atoms with Crippen LogP contribution in [-0.4, -0.2) is 18.8 Å². The van der Waals surface area contributed by atoms with Crippen LogP contribution in [0.15, 0.2) is 40.9 Å². The summed E-state index contributed by atoms with van der Waals surface area (Å²) in [4.78, 5) is 0. The fourth-order valence-electron chi connectivity index (χ4n) is 1.95. The molecule has 5 heteroatoms. The van der Waals surface area contributed by atoms with E-state index in [4.69, 9.17) is 9.47 Å². The van der Waals surface area contributed by atoms with E-state index in [0.29, 0.717) is 18.9 Å². The van der Waals surface area contributed by atoms with Gasteiger partial charge < -0.3 is 19.9 Å². The van der Waals surface area contributed by atoms with Crippen LogP contribution in [0.25, 0.3) is 0 Å². The quantitative estimate of drug-likeness (QED) is 0.819. The van der Waals surface area contributed by atoms with E-state index >= 15 is 0 Å². The van der Waals surface area contributed by atoms with Crippen molar-refractivity contribution in [3.8, 4) is 17.2 Å². The van der Waals surface area contributed by atoms with E-state index in [1.54, 1.807) is 13.2 Å². The molecule has 0 saturated heterocycles. The molecule has 0 heterocycles. The maximum Gasteiger partial charge on any atom is 0.162 e. The van der Waals surface area contributed by atoms with Crippen molar-refractivity contribution in [3.63, 3.8) is 0 Å². The number of halogens is 1. The van der Waals surface area contributed by atoms with E-state index < -0.39 is 0 Å². The predicted molar refractivity (Wildman–Crippen MR) is 87.3 cm³/mol. The van der Waals surface area contributed by atoms with Crippen molar-refractivity contribution < 1.29 is 14.6 Å². The minimum atomic E-state index is 0.177. The molecule has 0 amide bonds. The van der Waals surface area contributed by atoms with Crippen molar-refractivity contribution in [2.45, 2.75) is 13.5 Å². The number of aromatic hydroxyl groups is 1. The van der Waals surface area contributed by atoms with Crippen molar-refractivity contribution in [1.82, 2.24) is 0 Å². The number of phenolic OH excluding ortho intramolecular Hbond substituents is 1. The topological polar surface area (TPSA) is 50.7 Å². The number of methoxy groups -OCH3 is 1. The second-order valence-electron chi connectivity index (χ2n) is 4.40. The standard InChI is InChI=1S/C16H18BrNO3/c1-3-21-14-6-4-5-11(16(14)19)10-18-12-7-8-13(17)15(9-12)20-2/h4-9,18-19H,3,10H2,1-2H3. The Balaban J connectivity index is 2.11. The Labute approximate surface area is 132 Å². The lowest BCUT2D eigenvalue weighted by molar-refractivity contribution is 0.317. The van der Waals surface area contributed by atoms with E-state index in [0.717, 1.165) is 21.5 Å². The normalized spacial score (nSPS) is 10.2. The number of ether oxygens (including phenoxy) is 2. The van der Waals surface area contributed by atoms with E-state index in [1.165, 1.54) is 0 Å². The summed E-state index contributed by atoms with van der Waals surface area (Å²) in [6.45, 7) is 2.91.